The number of fused-ring (bicyclic) bond motifs is 2. The zero-order valence-electron chi connectivity index (χ0n) is 60.5. The molecule has 0 atom stereocenters. The molecule has 0 aliphatic rings. The third-order valence-corrected chi connectivity index (χ3v) is 22.0. The summed E-state index contributed by atoms with van der Waals surface area (Å²) in [6.07, 6.45) is 7.29. The van der Waals surface area contributed by atoms with Crippen molar-refractivity contribution in [2.75, 3.05) is 0 Å². The van der Waals surface area contributed by atoms with Crippen LogP contribution < -0.4 is 0 Å². The van der Waals surface area contributed by atoms with Gasteiger partial charge in [0.05, 0.1) is 0 Å². The van der Waals surface area contributed by atoms with Gasteiger partial charge in [0.25, 0.3) is 0 Å². The van der Waals surface area contributed by atoms with E-state index in [1.807, 2.05) is 36.8 Å². The SMILES string of the molecule is c1ccc2cc(-c3ccc(-c4nc(-c5ccc(-c6ccncc6)cc5)nc(-c5ccc(-c6ccc7ccc8cccc9ccc6c7c89)cc5)n4)cc3)ccc2c1.c1cncc(-c2ccc(-c3nc(-c4ccc(-c5ccc6ccccc6c5)cc4)nc(-c4ccc(-c5ccc6ccc7cccc8ccc5c6c78)cc4)n3)cc2)c1. The molecule has 0 saturated carbocycles. The van der Waals surface area contributed by atoms with Crippen LogP contribution in [0.3, 0.4) is 0 Å². The van der Waals surface area contributed by atoms with Crippen molar-refractivity contribution in [1.29, 1.82) is 0 Å². The van der Waals surface area contributed by atoms with Crippen molar-refractivity contribution in [3.63, 3.8) is 0 Å². The summed E-state index contributed by atoms with van der Waals surface area (Å²) in [5.74, 6) is 3.76. The summed E-state index contributed by atoms with van der Waals surface area (Å²) in [4.78, 5) is 38.9. The molecule has 0 amide bonds. The van der Waals surface area contributed by atoms with E-state index in [1.165, 1.54) is 108 Å². The third kappa shape index (κ3) is 12.1. The smallest absolute Gasteiger partial charge is 0.164 e. The standard InChI is InChI=1S/2C52H32N4/c1-2-6-43-31-44(25-14-33(43)5-1)34-10-19-40(20-11-34)50-54-51(41-21-12-35(13-22-41)45-9-4-30-53-32-45)56-52(55-50)42-23-15-36(16-24-42)46-28-26-39-18-17-37-7-3-8-38-27-29-47(46)49(39)48(37)38;1-2-5-44-32-45(23-12-33(44)4-1)35-10-19-42(20-11-35)51-54-50(41-17-8-34(9-18-41)36-28-30-53-31-29-36)55-52(56-51)43-21-13-37(14-22-43)46-26-24-40-16-15-38-6-3-7-39-25-27-47(46)49(40)48(38)39/h2*1-32H. The maximum absolute atomic E-state index is 5.09. The second-order valence-corrected chi connectivity index (χ2v) is 28.6. The van der Waals surface area contributed by atoms with Crippen LogP contribution in [0.25, 0.3) is 221 Å². The Morgan fingerprint density at radius 1 is 0.143 bits per heavy atom. The molecule has 8 heteroatoms. The molecule has 520 valence electrons. The van der Waals surface area contributed by atoms with Crippen molar-refractivity contribution in [3.05, 3.63) is 389 Å². The van der Waals surface area contributed by atoms with E-state index in [2.05, 4.69) is 356 Å². The molecule has 0 bridgehead atoms. The fourth-order valence-electron chi connectivity index (χ4n) is 16.2. The van der Waals surface area contributed by atoms with Crippen LogP contribution in [0.1, 0.15) is 0 Å². The zero-order chi connectivity index (χ0) is 74.0. The number of hydrogen-bond donors (Lipinski definition) is 0. The Morgan fingerprint density at radius 3 is 0.768 bits per heavy atom. The number of hydrogen-bond acceptors (Lipinski definition) is 8. The van der Waals surface area contributed by atoms with Gasteiger partial charge in [0.15, 0.2) is 34.9 Å². The second kappa shape index (κ2) is 27.6. The lowest BCUT2D eigenvalue weighted by Gasteiger charge is -2.14. The van der Waals surface area contributed by atoms with E-state index in [0.29, 0.717) is 34.9 Å². The summed E-state index contributed by atoms with van der Waals surface area (Å²) in [7, 11) is 0. The molecular formula is C104H64N8. The molecule has 4 aromatic heterocycles. The number of nitrogens with zero attached hydrogens (tertiary/aromatic N) is 8. The van der Waals surface area contributed by atoms with Crippen molar-refractivity contribution in [1.82, 2.24) is 39.9 Å². The van der Waals surface area contributed by atoms with Crippen molar-refractivity contribution < 1.29 is 0 Å². The first-order chi connectivity index (χ1) is 55.4. The Hall–Kier alpha value is -15.1. The van der Waals surface area contributed by atoms with Gasteiger partial charge in [-0.3, -0.25) is 9.97 Å². The van der Waals surface area contributed by atoms with Crippen molar-refractivity contribution in [3.8, 4) is 135 Å². The highest BCUT2D eigenvalue weighted by molar-refractivity contribution is 6.27. The molecule has 0 radical (unpaired) electrons. The number of pyridine rings is 2. The topological polar surface area (TPSA) is 103 Å². The lowest BCUT2D eigenvalue weighted by molar-refractivity contribution is 1.07. The maximum atomic E-state index is 5.09. The minimum absolute atomic E-state index is 0.622. The van der Waals surface area contributed by atoms with Crippen LogP contribution in [0.5, 0.6) is 0 Å². The van der Waals surface area contributed by atoms with E-state index >= 15 is 0 Å². The molecule has 0 aliphatic heterocycles. The van der Waals surface area contributed by atoms with Crippen LogP contribution in [0.15, 0.2) is 389 Å². The molecule has 0 fully saturated rings. The van der Waals surface area contributed by atoms with E-state index in [9.17, 15) is 0 Å². The summed E-state index contributed by atoms with van der Waals surface area (Å²) < 4.78 is 0. The summed E-state index contributed by atoms with van der Waals surface area (Å²) in [5, 5.41) is 20.3. The van der Waals surface area contributed by atoms with Gasteiger partial charge in [0.2, 0.25) is 0 Å². The fourth-order valence-corrected chi connectivity index (χ4v) is 16.2. The fraction of sp³-hybridized carbons (Fsp3) is 0. The Kier molecular flexibility index (Phi) is 16.1. The molecule has 0 spiro atoms. The van der Waals surface area contributed by atoms with Crippen LogP contribution in [-0.4, -0.2) is 39.9 Å². The molecule has 22 aromatic rings. The van der Waals surface area contributed by atoms with Gasteiger partial charge < -0.3 is 0 Å². The third-order valence-electron chi connectivity index (χ3n) is 22.0. The Morgan fingerprint density at radius 2 is 0.411 bits per heavy atom. The number of rotatable bonds is 12. The van der Waals surface area contributed by atoms with Crippen LogP contribution >= 0.6 is 0 Å². The Balaban J connectivity index is 0.000000141. The van der Waals surface area contributed by atoms with Crippen LogP contribution in [0.4, 0.5) is 0 Å². The lowest BCUT2D eigenvalue weighted by Crippen LogP contribution is -2.00. The molecule has 0 aliphatic carbocycles. The summed E-state index contributed by atoms with van der Waals surface area (Å²) >= 11 is 0. The quantitative estimate of drug-likeness (QED) is 0.111. The first-order valence-corrected chi connectivity index (χ1v) is 37.7. The Bertz CT molecular complexity index is 6830. The highest BCUT2D eigenvalue weighted by Crippen LogP contribution is 2.43. The van der Waals surface area contributed by atoms with E-state index in [0.717, 1.165) is 77.9 Å². The minimum Gasteiger partial charge on any atom is -0.265 e. The van der Waals surface area contributed by atoms with Gasteiger partial charge in [-0.15, -0.1) is 0 Å². The predicted octanol–water partition coefficient (Wildman–Crippen LogP) is 26.6. The average Bonchev–Trinajstić information content (AvgIpc) is 0.739. The van der Waals surface area contributed by atoms with Gasteiger partial charge >= 0.3 is 0 Å². The first-order valence-electron chi connectivity index (χ1n) is 37.7. The van der Waals surface area contributed by atoms with Crippen LogP contribution in [-0.2, 0) is 0 Å². The summed E-state index contributed by atoms with van der Waals surface area (Å²) in [5.41, 5.74) is 19.3. The lowest BCUT2D eigenvalue weighted by atomic mass is 9.90. The van der Waals surface area contributed by atoms with E-state index in [1.54, 1.807) is 6.20 Å². The molecule has 4 heterocycles. The Labute approximate surface area is 645 Å². The van der Waals surface area contributed by atoms with Crippen LogP contribution in [0, 0.1) is 0 Å². The van der Waals surface area contributed by atoms with Gasteiger partial charge in [-0.05, 0) is 183 Å². The molecule has 0 unspecified atom stereocenters. The molecule has 0 N–H and O–H groups in total. The molecular weight excluding hydrogens is 1360 g/mol. The van der Waals surface area contributed by atoms with Gasteiger partial charge in [-0.2, -0.15) is 0 Å². The molecule has 0 saturated heterocycles. The maximum Gasteiger partial charge on any atom is 0.164 e. The van der Waals surface area contributed by atoms with Gasteiger partial charge in [-0.25, -0.2) is 29.9 Å². The van der Waals surface area contributed by atoms with Crippen molar-refractivity contribution in [2.45, 2.75) is 0 Å². The largest absolute Gasteiger partial charge is 0.265 e. The van der Waals surface area contributed by atoms with Crippen LogP contribution in [0.2, 0.25) is 0 Å². The zero-order valence-corrected chi connectivity index (χ0v) is 60.5. The van der Waals surface area contributed by atoms with Gasteiger partial charge in [-0.1, -0.05) is 334 Å². The highest BCUT2D eigenvalue weighted by Gasteiger charge is 2.20. The average molecular weight is 1430 g/mol. The molecule has 22 rings (SSSR count). The summed E-state index contributed by atoms with van der Waals surface area (Å²) in [6.45, 7) is 0. The predicted molar refractivity (Wildman–Crippen MR) is 463 cm³/mol. The van der Waals surface area contributed by atoms with E-state index in [-0.39, 0.29) is 0 Å². The summed E-state index contributed by atoms with van der Waals surface area (Å²) in [6, 6.07) is 129. The molecule has 18 aromatic carbocycles. The second-order valence-electron chi connectivity index (χ2n) is 28.6. The van der Waals surface area contributed by atoms with Crippen molar-refractivity contribution >= 4 is 86.2 Å². The number of aromatic nitrogens is 8. The minimum atomic E-state index is 0.622. The molecule has 112 heavy (non-hydrogen) atoms. The van der Waals surface area contributed by atoms with E-state index in [4.69, 9.17) is 29.9 Å². The van der Waals surface area contributed by atoms with Crippen molar-refractivity contribution in [2.24, 2.45) is 0 Å². The molecule has 8 nitrogen and oxygen atoms in total. The first kappa shape index (κ1) is 65.2. The van der Waals surface area contributed by atoms with E-state index < -0.39 is 0 Å². The normalized spacial score (nSPS) is 11.6. The highest BCUT2D eigenvalue weighted by atomic mass is 15.0. The monoisotopic (exact) mass is 1420 g/mol. The number of benzene rings is 18. The van der Waals surface area contributed by atoms with Gasteiger partial charge in [0, 0.05) is 58.2 Å². The van der Waals surface area contributed by atoms with Gasteiger partial charge in [0.1, 0.15) is 0 Å².